The highest BCUT2D eigenvalue weighted by atomic mass is 16.2. The largest absolute Gasteiger partial charge is 0.335 e. The number of aryl methyl sites for hydroxylation is 1. The molecule has 0 fully saturated rings. The average Bonchev–Trinajstić information content (AvgIpc) is 2.49. The summed E-state index contributed by atoms with van der Waals surface area (Å²) in [5.74, 6) is 0.640. The minimum absolute atomic E-state index is 0.197. The Morgan fingerprint density at radius 3 is 2.71 bits per heavy atom. The van der Waals surface area contributed by atoms with Crippen molar-refractivity contribution < 1.29 is 4.79 Å². The Bertz CT molecular complexity index is 355. The predicted octanol–water partition coefficient (Wildman–Crippen LogP) is 0.761. The zero-order valence-corrected chi connectivity index (χ0v) is 8.66. The fourth-order valence-corrected chi connectivity index (χ4v) is 1.09. The van der Waals surface area contributed by atoms with E-state index in [1.54, 1.807) is 14.0 Å². The lowest BCUT2D eigenvalue weighted by Gasteiger charge is -2.14. The van der Waals surface area contributed by atoms with Gasteiger partial charge in [0.1, 0.15) is 5.82 Å². The number of carbonyl (C=O) groups is 1. The predicted molar refractivity (Wildman–Crippen MR) is 52.9 cm³/mol. The molecule has 0 radical (unpaired) electrons. The number of hydrogen-bond acceptors (Lipinski definition) is 3. The molecule has 0 atom stereocenters. The van der Waals surface area contributed by atoms with E-state index in [1.165, 1.54) is 4.90 Å². The normalized spacial score (nSPS) is 9.93. The maximum atomic E-state index is 11.6. The number of carbonyl (C=O) groups excluding carboxylic acids is 1. The molecule has 76 valence electrons. The van der Waals surface area contributed by atoms with Gasteiger partial charge >= 0.3 is 0 Å². The van der Waals surface area contributed by atoms with Crippen molar-refractivity contribution in [2.75, 3.05) is 13.6 Å². The minimum Gasteiger partial charge on any atom is -0.335 e. The summed E-state index contributed by atoms with van der Waals surface area (Å²) in [7, 11) is 1.70. The van der Waals surface area contributed by atoms with Crippen LogP contribution in [0, 0.1) is 6.92 Å². The molecule has 1 aromatic heterocycles. The van der Waals surface area contributed by atoms with Crippen LogP contribution in [0.1, 0.15) is 23.4 Å². The van der Waals surface area contributed by atoms with Crippen LogP contribution >= 0.6 is 0 Å². The quantitative estimate of drug-likeness (QED) is 0.722. The Morgan fingerprint density at radius 1 is 1.64 bits per heavy atom. The second-order valence-corrected chi connectivity index (χ2v) is 3.36. The number of likely N-dealkylation sites (N-methyl/N-ethyl adjacent to an activating group) is 1. The van der Waals surface area contributed by atoms with Crippen LogP contribution in [0.25, 0.3) is 0 Å². The van der Waals surface area contributed by atoms with Crippen molar-refractivity contribution in [2.45, 2.75) is 13.8 Å². The Morgan fingerprint density at radius 2 is 2.29 bits per heavy atom. The van der Waals surface area contributed by atoms with Crippen LogP contribution in [-0.4, -0.2) is 39.6 Å². The van der Waals surface area contributed by atoms with Crippen molar-refractivity contribution >= 4 is 5.91 Å². The summed E-state index contributed by atoms with van der Waals surface area (Å²) >= 11 is 0. The summed E-state index contributed by atoms with van der Waals surface area (Å²) in [5.41, 5.74) is 0.924. The van der Waals surface area contributed by atoms with Crippen molar-refractivity contribution in [3.05, 3.63) is 23.8 Å². The molecule has 0 saturated carbocycles. The molecule has 5 nitrogen and oxygen atoms in total. The van der Waals surface area contributed by atoms with Gasteiger partial charge in [-0.3, -0.25) is 9.89 Å². The summed E-state index contributed by atoms with van der Waals surface area (Å²) in [5, 5.41) is 6.41. The summed E-state index contributed by atoms with van der Waals surface area (Å²) < 4.78 is 0. The van der Waals surface area contributed by atoms with E-state index >= 15 is 0 Å². The molecule has 5 heteroatoms. The first-order valence-corrected chi connectivity index (χ1v) is 4.29. The van der Waals surface area contributed by atoms with E-state index in [1.807, 2.05) is 6.92 Å². The van der Waals surface area contributed by atoms with E-state index in [0.717, 1.165) is 5.57 Å². The molecule has 0 saturated heterocycles. The molecular formula is C9H14N4O. The summed E-state index contributed by atoms with van der Waals surface area (Å²) in [6, 6.07) is 0. The van der Waals surface area contributed by atoms with Crippen molar-refractivity contribution in [1.82, 2.24) is 20.1 Å². The van der Waals surface area contributed by atoms with Gasteiger partial charge in [0.05, 0.1) is 0 Å². The molecule has 1 N–H and O–H groups in total. The summed E-state index contributed by atoms with van der Waals surface area (Å²) in [4.78, 5) is 17.1. The van der Waals surface area contributed by atoms with Gasteiger partial charge < -0.3 is 4.90 Å². The average molecular weight is 194 g/mol. The second kappa shape index (κ2) is 4.04. The standard InChI is InChI=1S/C9H14N4O/c1-6(2)5-13(4)9(14)8-10-7(3)11-12-8/h1,5H2,2-4H3,(H,10,11,12). The van der Waals surface area contributed by atoms with Crippen molar-refractivity contribution in [2.24, 2.45) is 0 Å². The maximum absolute atomic E-state index is 11.6. The molecule has 0 aromatic carbocycles. The zero-order valence-electron chi connectivity index (χ0n) is 8.66. The molecule has 1 amide bonds. The fourth-order valence-electron chi connectivity index (χ4n) is 1.09. The van der Waals surface area contributed by atoms with E-state index in [2.05, 4.69) is 21.8 Å². The van der Waals surface area contributed by atoms with Crippen LogP contribution in [0.2, 0.25) is 0 Å². The molecule has 0 aliphatic heterocycles. The van der Waals surface area contributed by atoms with Crippen LogP contribution in [0.3, 0.4) is 0 Å². The molecular weight excluding hydrogens is 180 g/mol. The lowest BCUT2D eigenvalue weighted by atomic mass is 10.3. The zero-order chi connectivity index (χ0) is 10.7. The van der Waals surface area contributed by atoms with Gasteiger partial charge in [-0.25, -0.2) is 4.98 Å². The highest BCUT2D eigenvalue weighted by Gasteiger charge is 2.15. The third-order valence-corrected chi connectivity index (χ3v) is 1.64. The number of rotatable bonds is 3. The monoisotopic (exact) mass is 194 g/mol. The third-order valence-electron chi connectivity index (χ3n) is 1.64. The van der Waals surface area contributed by atoms with Crippen LogP contribution < -0.4 is 0 Å². The Hall–Kier alpha value is -1.65. The molecule has 0 aliphatic carbocycles. The number of hydrogen-bond donors (Lipinski definition) is 1. The number of aromatic amines is 1. The van der Waals surface area contributed by atoms with Crippen molar-refractivity contribution in [3.63, 3.8) is 0 Å². The highest BCUT2D eigenvalue weighted by molar-refractivity contribution is 5.90. The number of amides is 1. The minimum atomic E-state index is -0.197. The van der Waals surface area contributed by atoms with Gasteiger partial charge in [-0.2, -0.15) is 0 Å². The molecule has 0 aliphatic rings. The molecule has 1 rings (SSSR count). The van der Waals surface area contributed by atoms with Crippen molar-refractivity contribution in [1.29, 1.82) is 0 Å². The van der Waals surface area contributed by atoms with Gasteiger partial charge in [0.15, 0.2) is 0 Å². The van der Waals surface area contributed by atoms with Crippen LogP contribution in [0.15, 0.2) is 12.2 Å². The second-order valence-electron chi connectivity index (χ2n) is 3.36. The number of H-pyrrole nitrogens is 1. The van der Waals surface area contributed by atoms with E-state index in [-0.39, 0.29) is 11.7 Å². The van der Waals surface area contributed by atoms with Crippen LogP contribution in [0.5, 0.6) is 0 Å². The van der Waals surface area contributed by atoms with E-state index in [0.29, 0.717) is 12.4 Å². The van der Waals surface area contributed by atoms with E-state index < -0.39 is 0 Å². The van der Waals surface area contributed by atoms with Gasteiger partial charge in [0.2, 0.25) is 5.82 Å². The highest BCUT2D eigenvalue weighted by Crippen LogP contribution is 1.99. The van der Waals surface area contributed by atoms with Crippen LogP contribution in [-0.2, 0) is 0 Å². The maximum Gasteiger partial charge on any atom is 0.293 e. The van der Waals surface area contributed by atoms with Gasteiger partial charge in [0, 0.05) is 13.6 Å². The molecule has 0 bridgehead atoms. The number of aromatic nitrogens is 3. The Kier molecular flexibility index (Phi) is 3.01. The van der Waals surface area contributed by atoms with Gasteiger partial charge in [-0.15, -0.1) is 5.10 Å². The lowest BCUT2D eigenvalue weighted by molar-refractivity contribution is 0.0795. The summed E-state index contributed by atoms with van der Waals surface area (Å²) in [6.45, 7) is 7.87. The molecule has 1 aromatic rings. The number of nitrogens with one attached hydrogen (secondary N) is 1. The SMILES string of the molecule is C=C(C)CN(C)C(=O)c1n[nH]c(C)n1. The van der Waals surface area contributed by atoms with Crippen molar-refractivity contribution in [3.8, 4) is 0 Å². The lowest BCUT2D eigenvalue weighted by Crippen LogP contribution is -2.29. The van der Waals surface area contributed by atoms with Gasteiger partial charge in [-0.05, 0) is 13.8 Å². The van der Waals surface area contributed by atoms with Gasteiger partial charge in [-0.1, -0.05) is 12.2 Å². The third kappa shape index (κ3) is 2.42. The fraction of sp³-hybridized carbons (Fsp3) is 0.444. The molecule has 0 unspecified atom stereocenters. The van der Waals surface area contributed by atoms with E-state index in [4.69, 9.17) is 0 Å². The molecule has 0 spiro atoms. The van der Waals surface area contributed by atoms with Crippen LogP contribution in [0.4, 0.5) is 0 Å². The topological polar surface area (TPSA) is 61.9 Å². The van der Waals surface area contributed by atoms with E-state index in [9.17, 15) is 4.79 Å². The first-order chi connectivity index (χ1) is 6.50. The first-order valence-electron chi connectivity index (χ1n) is 4.29. The first kappa shape index (κ1) is 10.4. The smallest absolute Gasteiger partial charge is 0.293 e. The Labute approximate surface area is 82.8 Å². The molecule has 1 heterocycles. The summed E-state index contributed by atoms with van der Waals surface area (Å²) in [6.07, 6.45) is 0. The Balaban J connectivity index is 2.70. The number of nitrogens with zero attached hydrogens (tertiary/aromatic N) is 3. The molecule has 14 heavy (non-hydrogen) atoms. The van der Waals surface area contributed by atoms with Gasteiger partial charge in [0.25, 0.3) is 5.91 Å².